The molecule has 0 amide bonds. The van der Waals surface area contributed by atoms with Crippen LogP contribution in [0.5, 0.6) is 0 Å². The molecule has 1 saturated heterocycles. The molecular weight excluding hydrogens is 430 g/mol. The lowest BCUT2D eigenvalue weighted by atomic mass is 9.42. The van der Waals surface area contributed by atoms with Crippen LogP contribution in [-0.2, 0) is 14.2 Å². The first-order chi connectivity index (χ1) is 15.7. The van der Waals surface area contributed by atoms with Gasteiger partial charge in [-0.1, -0.05) is 6.92 Å². The van der Waals surface area contributed by atoms with E-state index in [1.165, 1.54) is 7.11 Å². The van der Waals surface area contributed by atoms with Crippen molar-refractivity contribution in [2.75, 3.05) is 41.0 Å². The Balaban J connectivity index is 1.66. The Morgan fingerprint density at radius 3 is 2.24 bits per heavy atom. The number of aliphatic hydroxyl groups is 5. The number of ether oxygens (including phenoxy) is 3. The summed E-state index contributed by atoms with van der Waals surface area (Å²) in [6.07, 6.45) is -4.04. The minimum absolute atomic E-state index is 0.232. The summed E-state index contributed by atoms with van der Waals surface area (Å²) in [7, 11) is 4.77. The highest BCUT2D eigenvalue weighted by Crippen LogP contribution is 2.79. The molecule has 6 aliphatic rings. The number of aliphatic hydroxyl groups excluding tert-OH is 4. The zero-order chi connectivity index (χ0) is 23.7. The van der Waals surface area contributed by atoms with Crippen molar-refractivity contribution in [2.45, 2.75) is 68.0 Å². The van der Waals surface area contributed by atoms with Gasteiger partial charge in [0.05, 0.1) is 37.1 Å². The molecule has 15 atom stereocenters. The number of hydrogen-bond acceptors (Lipinski definition) is 9. The van der Waals surface area contributed by atoms with Crippen molar-refractivity contribution in [2.24, 2.45) is 40.4 Å². The molecule has 1 spiro atoms. The number of piperidine rings is 1. The highest BCUT2D eigenvalue weighted by atomic mass is 16.5. The summed E-state index contributed by atoms with van der Waals surface area (Å²) in [5, 5.41) is 58.8. The fourth-order valence-electron chi connectivity index (χ4n) is 10.7. The van der Waals surface area contributed by atoms with Gasteiger partial charge in [-0.15, -0.1) is 0 Å². The fraction of sp³-hybridized carbons (Fsp3) is 1.00. The van der Waals surface area contributed by atoms with Crippen LogP contribution in [0.15, 0.2) is 0 Å². The van der Waals surface area contributed by atoms with E-state index in [2.05, 4.69) is 11.8 Å². The molecule has 5 aliphatic carbocycles. The number of hydrogen-bond donors (Lipinski definition) is 5. The number of fused-ring (bicyclic) bond motifs is 2. The van der Waals surface area contributed by atoms with Crippen LogP contribution in [0.1, 0.15) is 19.8 Å². The van der Waals surface area contributed by atoms with Crippen molar-refractivity contribution in [1.29, 1.82) is 0 Å². The first-order valence-electron chi connectivity index (χ1n) is 12.4. The van der Waals surface area contributed by atoms with Gasteiger partial charge < -0.3 is 39.7 Å². The summed E-state index contributed by atoms with van der Waals surface area (Å²) in [5.74, 6) is -1.97. The van der Waals surface area contributed by atoms with E-state index >= 15 is 0 Å². The second-order valence-corrected chi connectivity index (χ2v) is 11.7. The molecule has 7 bridgehead atoms. The maximum absolute atomic E-state index is 12.5. The van der Waals surface area contributed by atoms with Gasteiger partial charge >= 0.3 is 0 Å². The number of likely N-dealkylation sites (tertiary alicyclic amines) is 1. The molecule has 0 aromatic heterocycles. The van der Waals surface area contributed by atoms with Crippen molar-refractivity contribution in [3.05, 3.63) is 0 Å². The van der Waals surface area contributed by atoms with Gasteiger partial charge in [0, 0.05) is 74.8 Å². The lowest BCUT2D eigenvalue weighted by Crippen LogP contribution is -2.80. The van der Waals surface area contributed by atoms with Crippen LogP contribution >= 0.6 is 0 Å². The maximum Gasteiger partial charge on any atom is 0.110 e. The normalized spacial score (nSPS) is 63.2. The number of rotatable bonds is 5. The van der Waals surface area contributed by atoms with Crippen LogP contribution in [0.3, 0.4) is 0 Å². The lowest BCUT2D eigenvalue weighted by molar-refractivity contribution is -0.308. The third kappa shape index (κ3) is 2.19. The average molecular weight is 470 g/mol. The van der Waals surface area contributed by atoms with E-state index in [0.29, 0.717) is 26.1 Å². The van der Waals surface area contributed by atoms with Crippen LogP contribution in [-0.4, -0.2) is 120 Å². The highest BCUT2D eigenvalue weighted by Gasteiger charge is 2.88. The summed E-state index contributed by atoms with van der Waals surface area (Å²) in [6, 6.07) is -0.243. The number of nitrogens with zero attached hydrogens (tertiary/aromatic N) is 1. The molecule has 0 aromatic carbocycles. The monoisotopic (exact) mass is 469 g/mol. The Bertz CT molecular complexity index is 815. The Kier molecular flexibility index (Phi) is 4.97. The molecule has 6 rings (SSSR count). The van der Waals surface area contributed by atoms with Crippen molar-refractivity contribution < 1.29 is 39.7 Å². The molecule has 5 N–H and O–H groups in total. The summed E-state index contributed by atoms with van der Waals surface area (Å²) in [4.78, 5) is 2.27. The SMILES string of the molecule is CCN1C[C@]2(COC)[C@H](O)C[C@H](O)C34C5C[C@H]6[C@H](O)[C@@H]5[C@@](O)(C(C(OC)[C@@H]32)C14)[C@H](O)[C@@H]6OC. The predicted octanol–water partition coefficient (Wildman–Crippen LogP) is -1.56. The molecule has 5 unspecified atom stereocenters. The minimum atomic E-state index is -1.63. The molecular formula is C24H39NO8. The molecule has 6 fully saturated rings. The zero-order valence-electron chi connectivity index (χ0n) is 19.9. The lowest BCUT2D eigenvalue weighted by Gasteiger charge is -2.69. The summed E-state index contributed by atoms with van der Waals surface area (Å²) in [5.41, 5.74) is -3.00. The molecule has 9 heteroatoms. The van der Waals surface area contributed by atoms with E-state index in [-0.39, 0.29) is 30.2 Å². The third-order valence-corrected chi connectivity index (χ3v) is 11.3. The zero-order valence-corrected chi connectivity index (χ0v) is 19.9. The van der Waals surface area contributed by atoms with Crippen LogP contribution < -0.4 is 0 Å². The van der Waals surface area contributed by atoms with Gasteiger partial charge in [0.1, 0.15) is 11.7 Å². The molecule has 1 heterocycles. The van der Waals surface area contributed by atoms with E-state index in [0.717, 1.165) is 0 Å². The van der Waals surface area contributed by atoms with E-state index in [4.69, 9.17) is 14.2 Å². The fourth-order valence-corrected chi connectivity index (χ4v) is 10.7. The van der Waals surface area contributed by atoms with Crippen LogP contribution in [0.2, 0.25) is 0 Å². The van der Waals surface area contributed by atoms with Gasteiger partial charge in [-0.2, -0.15) is 0 Å². The van der Waals surface area contributed by atoms with Crippen molar-refractivity contribution >= 4 is 0 Å². The van der Waals surface area contributed by atoms with Crippen LogP contribution in [0.25, 0.3) is 0 Å². The first-order valence-corrected chi connectivity index (χ1v) is 12.4. The second kappa shape index (κ2) is 7.11. The van der Waals surface area contributed by atoms with Gasteiger partial charge in [-0.25, -0.2) is 0 Å². The van der Waals surface area contributed by atoms with Gasteiger partial charge in [0.25, 0.3) is 0 Å². The van der Waals surface area contributed by atoms with Crippen molar-refractivity contribution in [1.82, 2.24) is 4.90 Å². The van der Waals surface area contributed by atoms with Gasteiger partial charge in [-0.3, -0.25) is 4.90 Å². The van der Waals surface area contributed by atoms with Gasteiger partial charge in [0.2, 0.25) is 0 Å². The van der Waals surface area contributed by atoms with E-state index < -0.39 is 64.9 Å². The van der Waals surface area contributed by atoms with E-state index in [1.807, 2.05) is 0 Å². The minimum Gasteiger partial charge on any atom is -0.392 e. The van der Waals surface area contributed by atoms with Crippen LogP contribution in [0.4, 0.5) is 0 Å². The Morgan fingerprint density at radius 1 is 0.939 bits per heavy atom. The van der Waals surface area contributed by atoms with Crippen molar-refractivity contribution in [3.8, 4) is 0 Å². The van der Waals surface area contributed by atoms with Crippen LogP contribution in [0, 0.1) is 40.4 Å². The summed E-state index contributed by atoms with van der Waals surface area (Å²) >= 11 is 0. The summed E-state index contributed by atoms with van der Waals surface area (Å²) in [6.45, 7) is 3.61. The Morgan fingerprint density at radius 2 is 1.64 bits per heavy atom. The standard InChI is InChI=1S/C24H39NO8/c1-5-25-8-22(9-31-2)12(26)7-13(27)23-11-6-10-16(28)14(11)24(30,21(29)17(10)32-3)15(20(23)25)18(33-4)19(22)23/h10-21,26-30H,5-9H2,1-4H3/t10-,11?,12+,13-,14+,15?,16-,17+,18?,19+,20?,21+,22-,23?,24+/m0/s1. The molecule has 1 aliphatic heterocycles. The largest absolute Gasteiger partial charge is 0.392 e. The molecule has 188 valence electrons. The Hall–Kier alpha value is -0.360. The third-order valence-electron chi connectivity index (χ3n) is 11.3. The van der Waals surface area contributed by atoms with Gasteiger partial charge in [0.15, 0.2) is 0 Å². The highest BCUT2D eigenvalue weighted by molar-refractivity contribution is 5.37. The van der Waals surface area contributed by atoms with E-state index in [1.54, 1.807) is 14.2 Å². The number of methoxy groups -OCH3 is 3. The molecule has 0 aromatic rings. The topological polar surface area (TPSA) is 132 Å². The molecule has 9 nitrogen and oxygen atoms in total. The van der Waals surface area contributed by atoms with E-state index in [9.17, 15) is 25.5 Å². The smallest absolute Gasteiger partial charge is 0.110 e. The molecule has 5 saturated carbocycles. The van der Waals surface area contributed by atoms with Gasteiger partial charge in [-0.05, 0) is 18.9 Å². The molecule has 33 heavy (non-hydrogen) atoms. The first kappa shape index (κ1) is 23.1. The Labute approximate surface area is 194 Å². The quantitative estimate of drug-likeness (QED) is 0.324. The molecule has 0 radical (unpaired) electrons. The second-order valence-electron chi connectivity index (χ2n) is 11.7. The maximum atomic E-state index is 12.5. The van der Waals surface area contributed by atoms with Crippen molar-refractivity contribution in [3.63, 3.8) is 0 Å². The average Bonchev–Trinajstić information content (AvgIpc) is 3.20. The predicted molar refractivity (Wildman–Crippen MR) is 115 cm³/mol. The summed E-state index contributed by atoms with van der Waals surface area (Å²) < 4.78 is 17.6.